The molecule has 47 heavy (non-hydrogen) atoms. The van der Waals surface area contributed by atoms with Crippen LogP contribution in [-0.2, 0) is 42.0 Å². The number of carbonyl (C=O) groups is 3. The first kappa shape index (κ1) is 42.4. The Labute approximate surface area is 287 Å². The highest BCUT2D eigenvalue weighted by molar-refractivity contribution is 8.76. The Morgan fingerprint density at radius 2 is 1.34 bits per heavy atom. The molecule has 2 aliphatic heterocycles. The minimum atomic E-state index is -3.58. The second-order valence-corrected chi connectivity index (χ2v) is 20.2. The molecule has 2 rings (SSSR count). The van der Waals surface area contributed by atoms with Crippen LogP contribution in [0.4, 0.5) is 0 Å². The maximum Gasteiger partial charge on any atom is 0.345 e. The highest BCUT2D eigenvalue weighted by Crippen LogP contribution is 2.55. The molecule has 6 unspecified atom stereocenters. The molecule has 20 heteroatoms. The second kappa shape index (κ2) is 20.2. The predicted molar refractivity (Wildman–Crippen MR) is 186 cm³/mol. The Morgan fingerprint density at radius 1 is 0.787 bits per heavy atom. The van der Waals surface area contributed by atoms with E-state index < -0.39 is 33.5 Å². The van der Waals surface area contributed by atoms with Gasteiger partial charge in [-0.1, -0.05) is 21.6 Å². The smallest absolute Gasteiger partial charge is 0.345 e. The van der Waals surface area contributed by atoms with E-state index in [1.54, 1.807) is 64.0 Å². The number of primary amides is 2. The summed E-state index contributed by atoms with van der Waals surface area (Å²) in [5, 5.41) is 0. The van der Waals surface area contributed by atoms with Gasteiger partial charge in [0.2, 0.25) is 17.7 Å². The van der Waals surface area contributed by atoms with Gasteiger partial charge in [-0.25, -0.2) is 18.7 Å². The van der Waals surface area contributed by atoms with Gasteiger partial charge < -0.3 is 34.9 Å². The van der Waals surface area contributed by atoms with Gasteiger partial charge in [0.15, 0.2) is 0 Å². The lowest BCUT2D eigenvalue weighted by atomic mass is 10.2. The fourth-order valence-electron chi connectivity index (χ4n) is 5.17. The molecule has 0 aromatic rings. The van der Waals surface area contributed by atoms with Gasteiger partial charge in [0.1, 0.15) is 0 Å². The number of amides is 3. The summed E-state index contributed by atoms with van der Waals surface area (Å²) in [5.74, 6) is 0.780. The Kier molecular flexibility index (Phi) is 18.2. The monoisotopic (exact) mass is 747 g/mol. The van der Waals surface area contributed by atoms with Crippen LogP contribution in [0.25, 0.3) is 0 Å². The summed E-state index contributed by atoms with van der Waals surface area (Å²) in [7, 11) is 4.25. The van der Waals surface area contributed by atoms with E-state index in [4.69, 9.17) is 30.0 Å². The van der Waals surface area contributed by atoms with Crippen molar-refractivity contribution in [1.29, 1.82) is 0 Å². The number of likely N-dealkylation sites (N-methyl/N-ethyl adjacent to an activating group) is 1. The second-order valence-electron chi connectivity index (χ2n) is 12.2. The molecular formula is C27H55N7O9P2S2. The Balaban J connectivity index is 1.95. The number of carbonyl (C=O) groups excluding carboxylic acids is 3. The number of morpholine rings is 2. The van der Waals surface area contributed by atoms with Crippen LogP contribution in [0.3, 0.4) is 0 Å². The van der Waals surface area contributed by atoms with E-state index >= 15 is 0 Å². The fraction of sp³-hybridized carbons (Fsp3) is 0.889. The Hall–Kier alpha value is -0.750. The normalized spacial score (nSPS) is 25.2. The number of hydrogen-bond acceptors (Lipinski definition) is 11. The Morgan fingerprint density at radius 3 is 1.89 bits per heavy atom. The molecule has 2 fully saturated rings. The lowest BCUT2D eigenvalue weighted by Gasteiger charge is -2.43. The van der Waals surface area contributed by atoms with E-state index in [-0.39, 0.29) is 50.3 Å². The van der Waals surface area contributed by atoms with Crippen LogP contribution in [-0.4, -0.2) is 158 Å². The van der Waals surface area contributed by atoms with Crippen molar-refractivity contribution in [2.75, 3.05) is 92.7 Å². The van der Waals surface area contributed by atoms with Crippen molar-refractivity contribution in [3.05, 3.63) is 0 Å². The molecule has 0 saturated carbocycles. The van der Waals surface area contributed by atoms with Crippen molar-refractivity contribution in [2.24, 2.45) is 11.5 Å². The summed E-state index contributed by atoms with van der Waals surface area (Å²) in [4.78, 5) is 37.1. The van der Waals surface area contributed by atoms with Gasteiger partial charge in [-0.2, -0.15) is 0 Å². The van der Waals surface area contributed by atoms with Crippen molar-refractivity contribution in [1.82, 2.24) is 23.6 Å². The summed E-state index contributed by atoms with van der Waals surface area (Å²) in [5.41, 5.74) is 10.5. The summed E-state index contributed by atoms with van der Waals surface area (Å²) in [6.07, 6.45) is 0.699. The molecule has 6 atom stereocenters. The van der Waals surface area contributed by atoms with Gasteiger partial charge in [-0.15, -0.1) is 0 Å². The van der Waals surface area contributed by atoms with E-state index in [0.717, 1.165) is 24.3 Å². The van der Waals surface area contributed by atoms with Crippen LogP contribution >= 0.6 is 36.9 Å². The van der Waals surface area contributed by atoms with Crippen LogP contribution in [0.2, 0.25) is 0 Å². The number of nitrogens with zero attached hydrogens (tertiary/aromatic N) is 5. The minimum absolute atomic E-state index is 0.0159. The number of hydrogen-bond donors (Lipinski definition) is 2. The maximum absolute atomic E-state index is 14.4. The maximum atomic E-state index is 14.4. The molecule has 0 bridgehead atoms. The zero-order valence-corrected chi connectivity index (χ0v) is 32.2. The molecule has 4 N–H and O–H groups in total. The molecule has 274 valence electrons. The standard InChI is InChI=1S/C27H55N7O9P2S2/c1-21-14-33(27(37)11-9-13-47-46-12-8-10-25(28)35)16-23(42-21)19-41-45(39,31(5)6)34-15-22(2)43-24(17-34)20-40-44(38,30(3)4)32(7)18-26(29)36/h21-24H,8-20H2,1-7H3,(H2,28,35)(H2,29,36). The fourth-order valence-corrected chi connectivity index (χ4v) is 11.1. The van der Waals surface area contributed by atoms with Crippen LogP contribution in [0.15, 0.2) is 0 Å². The van der Waals surface area contributed by atoms with Crippen molar-refractivity contribution in [3.8, 4) is 0 Å². The summed E-state index contributed by atoms with van der Waals surface area (Å²) in [6.45, 7) is 4.75. The Bertz CT molecular complexity index is 1130. The molecule has 0 spiro atoms. The third-order valence-electron chi connectivity index (χ3n) is 7.38. The molecule has 0 radical (unpaired) electrons. The largest absolute Gasteiger partial charge is 0.370 e. The first-order valence-electron chi connectivity index (χ1n) is 15.7. The van der Waals surface area contributed by atoms with Gasteiger partial charge >= 0.3 is 15.3 Å². The van der Waals surface area contributed by atoms with E-state index in [2.05, 4.69) is 0 Å². The third kappa shape index (κ3) is 13.8. The lowest BCUT2D eigenvalue weighted by Crippen LogP contribution is -2.51. The molecule has 2 heterocycles. The van der Waals surface area contributed by atoms with E-state index in [9.17, 15) is 23.5 Å². The average Bonchev–Trinajstić information content (AvgIpc) is 2.98. The zero-order valence-electron chi connectivity index (χ0n) is 28.8. The van der Waals surface area contributed by atoms with Crippen molar-refractivity contribution >= 4 is 54.6 Å². The molecule has 2 saturated heterocycles. The van der Waals surface area contributed by atoms with Gasteiger partial charge in [-0.05, 0) is 61.9 Å². The summed E-state index contributed by atoms with van der Waals surface area (Å²) >= 11 is 0. The minimum Gasteiger partial charge on any atom is -0.370 e. The molecule has 16 nitrogen and oxygen atoms in total. The SMILES string of the molecule is CC1CN(C(=O)CCCSSCCCC(N)=O)CC(COP(=O)(N(C)C)N2CC(C)OC(COP(=O)(N(C)C)N(C)CC(N)=O)C2)O1. The number of ether oxygens (including phenoxy) is 2. The van der Waals surface area contributed by atoms with Gasteiger partial charge in [0.05, 0.1) is 44.2 Å². The van der Waals surface area contributed by atoms with Crippen LogP contribution in [0.5, 0.6) is 0 Å². The average molecular weight is 748 g/mol. The highest BCUT2D eigenvalue weighted by atomic mass is 33.1. The molecule has 0 aliphatic carbocycles. The summed E-state index contributed by atoms with van der Waals surface area (Å²) in [6, 6.07) is 0. The number of nitrogens with two attached hydrogens (primary N) is 2. The number of rotatable bonds is 21. The molecule has 3 amide bonds. The lowest BCUT2D eigenvalue weighted by molar-refractivity contribution is -0.146. The van der Waals surface area contributed by atoms with Crippen molar-refractivity contribution in [3.63, 3.8) is 0 Å². The van der Waals surface area contributed by atoms with Crippen molar-refractivity contribution in [2.45, 2.75) is 63.9 Å². The van der Waals surface area contributed by atoms with E-state index in [1.807, 2.05) is 13.8 Å². The van der Waals surface area contributed by atoms with Gasteiger partial charge in [-0.3, -0.25) is 23.5 Å². The quantitative estimate of drug-likeness (QED) is 0.0983. The predicted octanol–water partition coefficient (Wildman–Crippen LogP) is 1.91. The van der Waals surface area contributed by atoms with Crippen LogP contribution in [0.1, 0.15) is 39.5 Å². The first-order valence-corrected chi connectivity index (χ1v) is 21.2. The third-order valence-corrected chi connectivity index (χ3v) is 15.0. The van der Waals surface area contributed by atoms with E-state index in [1.165, 1.54) is 16.4 Å². The van der Waals surface area contributed by atoms with Crippen molar-refractivity contribution < 1.29 is 42.0 Å². The van der Waals surface area contributed by atoms with Crippen LogP contribution in [0, 0.1) is 0 Å². The van der Waals surface area contributed by atoms with E-state index in [0.29, 0.717) is 32.5 Å². The first-order chi connectivity index (χ1) is 22.0. The van der Waals surface area contributed by atoms with Gasteiger partial charge in [0.25, 0.3) is 0 Å². The molecule has 0 aromatic heterocycles. The topological polar surface area (TPSA) is 191 Å². The molecular weight excluding hydrogens is 692 g/mol. The van der Waals surface area contributed by atoms with Gasteiger partial charge in [0, 0.05) is 50.5 Å². The molecule has 2 aliphatic rings. The zero-order chi connectivity index (χ0) is 35.4. The van der Waals surface area contributed by atoms with Crippen LogP contribution < -0.4 is 11.5 Å². The molecule has 0 aromatic carbocycles. The summed E-state index contributed by atoms with van der Waals surface area (Å²) < 4.78 is 58.1. The highest BCUT2D eigenvalue weighted by Gasteiger charge is 2.43.